The summed E-state index contributed by atoms with van der Waals surface area (Å²) in [6.07, 6.45) is 3.05. The van der Waals surface area contributed by atoms with E-state index in [9.17, 15) is 4.91 Å². The standard InChI is InChI=1S/C19H15Cl2N3O/c1-12-4-2-3-5-18(12)23-13-6-7-14(16(20)10-13)19(24-25)15-8-9-22-11-17(15)21/h2-11,19,23H,1H3. The van der Waals surface area contributed by atoms with Crippen LogP contribution in [0.3, 0.4) is 0 Å². The monoisotopic (exact) mass is 371 g/mol. The van der Waals surface area contributed by atoms with Crippen LogP contribution in [-0.2, 0) is 0 Å². The van der Waals surface area contributed by atoms with E-state index in [1.807, 2.05) is 37.3 Å². The topological polar surface area (TPSA) is 54.4 Å². The Kier molecular flexibility index (Phi) is 5.31. The molecular formula is C19H15Cl2N3O. The summed E-state index contributed by atoms with van der Waals surface area (Å²) in [5.74, 6) is 0. The Labute approximate surface area is 155 Å². The van der Waals surface area contributed by atoms with Gasteiger partial charge in [0.1, 0.15) is 6.04 Å². The first-order chi connectivity index (χ1) is 12.1. The quantitative estimate of drug-likeness (QED) is 0.535. The Morgan fingerprint density at radius 2 is 1.80 bits per heavy atom. The highest BCUT2D eigenvalue weighted by atomic mass is 35.5. The first-order valence-electron chi connectivity index (χ1n) is 7.64. The van der Waals surface area contributed by atoms with Gasteiger partial charge in [0.2, 0.25) is 0 Å². The molecule has 2 aromatic carbocycles. The third-order valence-electron chi connectivity index (χ3n) is 3.92. The molecule has 0 fully saturated rings. The Hall–Kier alpha value is -2.43. The number of hydrogen-bond donors (Lipinski definition) is 1. The van der Waals surface area contributed by atoms with E-state index >= 15 is 0 Å². The summed E-state index contributed by atoms with van der Waals surface area (Å²) in [4.78, 5) is 15.4. The average Bonchev–Trinajstić information content (AvgIpc) is 2.61. The number of nitrogens with zero attached hydrogens (tertiary/aromatic N) is 2. The molecular weight excluding hydrogens is 357 g/mol. The van der Waals surface area contributed by atoms with Crippen molar-refractivity contribution in [1.82, 2.24) is 4.98 Å². The molecule has 0 bridgehead atoms. The molecule has 0 aliphatic heterocycles. The van der Waals surface area contributed by atoms with Gasteiger partial charge in [0.25, 0.3) is 0 Å². The van der Waals surface area contributed by atoms with Crippen molar-refractivity contribution < 1.29 is 0 Å². The second-order valence-corrected chi connectivity index (χ2v) is 6.40. The number of pyridine rings is 1. The lowest BCUT2D eigenvalue weighted by Crippen LogP contribution is -2.01. The van der Waals surface area contributed by atoms with E-state index in [4.69, 9.17) is 23.2 Å². The van der Waals surface area contributed by atoms with Gasteiger partial charge in [0, 0.05) is 39.9 Å². The second kappa shape index (κ2) is 7.64. The first-order valence-corrected chi connectivity index (χ1v) is 8.39. The maximum absolute atomic E-state index is 11.4. The number of aromatic nitrogens is 1. The summed E-state index contributed by atoms with van der Waals surface area (Å²) in [6.45, 7) is 2.02. The SMILES string of the molecule is Cc1ccccc1Nc1ccc(C(N=O)c2ccncc2Cl)c(Cl)c1. The fraction of sp³-hybridized carbons (Fsp3) is 0.105. The van der Waals surface area contributed by atoms with Crippen molar-refractivity contribution in [2.45, 2.75) is 13.0 Å². The Morgan fingerprint density at radius 3 is 2.48 bits per heavy atom. The lowest BCUT2D eigenvalue weighted by molar-refractivity contribution is 0.861. The Balaban J connectivity index is 1.93. The van der Waals surface area contributed by atoms with Crippen LogP contribution in [-0.4, -0.2) is 4.98 Å². The molecule has 0 aliphatic rings. The average molecular weight is 372 g/mol. The fourth-order valence-electron chi connectivity index (χ4n) is 2.58. The molecule has 126 valence electrons. The maximum Gasteiger partial charge on any atom is 0.145 e. The van der Waals surface area contributed by atoms with Gasteiger partial charge in [0.15, 0.2) is 0 Å². The van der Waals surface area contributed by atoms with Gasteiger partial charge in [-0.05, 0) is 36.8 Å². The third-order valence-corrected chi connectivity index (χ3v) is 4.57. The van der Waals surface area contributed by atoms with Crippen LogP contribution in [0.25, 0.3) is 0 Å². The van der Waals surface area contributed by atoms with Gasteiger partial charge in [-0.2, -0.15) is 0 Å². The summed E-state index contributed by atoms with van der Waals surface area (Å²) >= 11 is 12.6. The van der Waals surface area contributed by atoms with Crippen molar-refractivity contribution >= 4 is 34.6 Å². The van der Waals surface area contributed by atoms with Crippen LogP contribution in [0.5, 0.6) is 0 Å². The molecule has 0 saturated carbocycles. The minimum absolute atomic E-state index is 0.380. The Morgan fingerprint density at radius 1 is 1.04 bits per heavy atom. The lowest BCUT2D eigenvalue weighted by atomic mass is 10.00. The molecule has 0 amide bonds. The molecule has 3 rings (SSSR count). The molecule has 1 atom stereocenters. The molecule has 1 aromatic heterocycles. The van der Waals surface area contributed by atoms with E-state index in [-0.39, 0.29) is 0 Å². The third kappa shape index (κ3) is 3.81. The summed E-state index contributed by atoms with van der Waals surface area (Å²) < 4.78 is 0. The van der Waals surface area contributed by atoms with Gasteiger partial charge in [-0.1, -0.05) is 52.6 Å². The molecule has 25 heavy (non-hydrogen) atoms. The number of benzene rings is 2. The predicted molar refractivity (Wildman–Crippen MR) is 103 cm³/mol. The first kappa shape index (κ1) is 17.4. The second-order valence-electron chi connectivity index (χ2n) is 5.58. The van der Waals surface area contributed by atoms with Gasteiger partial charge >= 0.3 is 0 Å². The highest BCUT2D eigenvalue weighted by Crippen LogP contribution is 2.36. The minimum atomic E-state index is -0.782. The molecule has 0 aliphatic carbocycles. The van der Waals surface area contributed by atoms with E-state index in [1.54, 1.807) is 24.4 Å². The van der Waals surface area contributed by atoms with Crippen molar-refractivity contribution in [3.63, 3.8) is 0 Å². The number of anilines is 2. The van der Waals surface area contributed by atoms with Gasteiger partial charge < -0.3 is 5.32 Å². The van der Waals surface area contributed by atoms with Crippen molar-refractivity contribution in [3.05, 3.63) is 92.6 Å². The van der Waals surface area contributed by atoms with Gasteiger partial charge in [-0.3, -0.25) is 4.98 Å². The molecule has 4 nitrogen and oxygen atoms in total. The van der Waals surface area contributed by atoms with Crippen molar-refractivity contribution in [2.75, 3.05) is 5.32 Å². The van der Waals surface area contributed by atoms with Gasteiger partial charge in [-0.25, -0.2) is 0 Å². The van der Waals surface area contributed by atoms with E-state index < -0.39 is 6.04 Å². The molecule has 1 unspecified atom stereocenters. The zero-order valence-electron chi connectivity index (χ0n) is 13.4. The van der Waals surface area contributed by atoms with Crippen molar-refractivity contribution in [2.24, 2.45) is 5.18 Å². The number of nitroso groups, excluding NO2 is 1. The molecule has 1 N–H and O–H groups in total. The normalized spacial score (nSPS) is 11.8. The summed E-state index contributed by atoms with van der Waals surface area (Å²) in [7, 11) is 0. The lowest BCUT2D eigenvalue weighted by Gasteiger charge is -2.15. The van der Waals surface area contributed by atoms with E-state index in [0.717, 1.165) is 16.9 Å². The molecule has 0 saturated heterocycles. The maximum atomic E-state index is 11.4. The number of hydrogen-bond acceptors (Lipinski definition) is 4. The number of para-hydroxylation sites is 1. The number of nitrogens with one attached hydrogen (secondary N) is 1. The van der Waals surface area contributed by atoms with Gasteiger partial charge in [-0.15, -0.1) is 4.91 Å². The van der Waals surface area contributed by atoms with Crippen LogP contribution in [0.2, 0.25) is 10.0 Å². The molecule has 6 heteroatoms. The number of aryl methyl sites for hydroxylation is 1. The van der Waals surface area contributed by atoms with Gasteiger partial charge in [0.05, 0.1) is 5.02 Å². The highest BCUT2D eigenvalue weighted by molar-refractivity contribution is 6.32. The van der Waals surface area contributed by atoms with Crippen LogP contribution in [0.4, 0.5) is 11.4 Å². The van der Waals surface area contributed by atoms with Crippen molar-refractivity contribution in [1.29, 1.82) is 0 Å². The van der Waals surface area contributed by atoms with E-state index in [1.165, 1.54) is 6.20 Å². The van der Waals surface area contributed by atoms with Crippen molar-refractivity contribution in [3.8, 4) is 0 Å². The van der Waals surface area contributed by atoms with Crippen LogP contribution >= 0.6 is 23.2 Å². The van der Waals surface area contributed by atoms with E-state index in [0.29, 0.717) is 21.2 Å². The molecule has 0 spiro atoms. The fourth-order valence-corrected chi connectivity index (χ4v) is 3.09. The predicted octanol–water partition coefficient (Wildman–Crippen LogP) is 6.30. The van der Waals surface area contributed by atoms with Crippen LogP contribution < -0.4 is 5.32 Å². The smallest absolute Gasteiger partial charge is 0.145 e. The minimum Gasteiger partial charge on any atom is -0.355 e. The van der Waals surface area contributed by atoms with E-state index in [2.05, 4.69) is 15.5 Å². The summed E-state index contributed by atoms with van der Waals surface area (Å²) in [6, 6.07) is 14.3. The number of rotatable bonds is 5. The zero-order chi connectivity index (χ0) is 17.8. The highest BCUT2D eigenvalue weighted by Gasteiger charge is 2.20. The molecule has 0 radical (unpaired) electrons. The summed E-state index contributed by atoms with van der Waals surface area (Å²) in [5, 5.41) is 7.35. The van der Waals surface area contributed by atoms with Crippen LogP contribution in [0.15, 0.2) is 66.1 Å². The molecule has 3 aromatic rings. The summed E-state index contributed by atoms with van der Waals surface area (Å²) in [5.41, 5.74) is 4.12. The number of halogens is 2. The Bertz CT molecular complexity index is 915. The molecule has 1 heterocycles. The van der Waals surface area contributed by atoms with Crippen LogP contribution in [0, 0.1) is 11.8 Å². The zero-order valence-corrected chi connectivity index (χ0v) is 14.9. The van der Waals surface area contributed by atoms with Crippen LogP contribution in [0.1, 0.15) is 22.7 Å². The largest absolute Gasteiger partial charge is 0.355 e.